The Kier molecular flexibility index (Phi) is 5.80. The van der Waals surface area contributed by atoms with Crippen LogP contribution in [-0.2, 0) is 17.8 Å². The van der Waals surface area contributed by atoms with Crippen LogP contribution in [-0.4, -0.2) is 17.5 Å². The molecule has 2 aromatic carbocycles. The van der Waals surface area contributed by atoms with Gasteiger partial charge in [0.1, 0.15) is 10.8 Å². The number of carbonyl (C=O) groups excluding carboxylic acids is 1. The minimum absolute atomic E-state index is 0.0209. The van der Waals surface area contributed by atoms with Crippen molar-refractivity contribution >= 4 is 17.2 Å². The van der Waals surface area contributed by atoms with Gasteiger partial charge in [-0.1, -0.05) is 30.3 Å². The maximum absolute atomic E-state index is 12.1. The highest BCUT2D eigenvalue weighted by atomic mass is 32.1. The van der Waals surface area contributed by atoms with Crippen LogP contribution >= 0.6 is 11.3 Å². The van der Waals surface area contributed by atoms with Crippen LogP contribution in [0.3, 0.4) is 0 Å². The Balaban J connectivity index is 1.56. The van der Waals surface area contributed by atoms with Gasteiger partial charge in [0, 0.05) is 17.5 Å². The monoisotopic (exact) mass is 352 g/mol. The molecule has 25 heavy (non-hydrogen) atoms. The first-order valence-electron chi connectivity index (χ1n) is 8.23. The number of amides is 1. The summed E-state index contributed by atoms with van der Waals surface area (Å²) in [5.74, 6) is 0.829. The molecule has 0 saturated heterocycles. The van der Waals surface area contributed by atoms with Gasteiger partial charge < -0.3 is 10.1 Å². The quantitative estimate of drug-likeness (QED) is 0.697. The summed E-state index contributed by atoms with van der Waals surface area (Å²) in [4.78, 5) is 16.7. The van der Waals surface area contributed by atoms with Crippen molar-refractivity contribution in [1.82, 2.24) is 10.3 Å². The van der Waals surface area contributed by atoms with Crippen LogP contribution in [0.1, 0.15) is 18.2 Å². The molecule has 0 spiro atoms. The van der Waals surface area contributed by atoms with Crippen molar-refractivity contribution in [3.05, 3.63) is 71.2 Å². The summed E-state index contributed by atoms with van der Waals surface area (Å²) < 4.78 is 5.45. The highest BCUT2D eigenvalue weighted by Crippen LogP contribution is 2.26. The maximum atomic E-state index is 12.1. The Labute approximate surface area is 151 Å². The van der Waals surface area contributed by atoms with Gasteiger partial charge in [0.2, 0.25) is 5.91 Å². The van der Waals surface area contributed by atoms with Gasteiger partial charge in [-0.3, -0.25) is 4.79 Å². The van der Waals surface area contributed by atoms with E-state index in [1.165, 1.54) is 0 Å². The summed E-state index contributed by atoms with van der Waals surface area (Å²) >= 11 is 1.55. The molecule has 0 aliphatic carbocycles. The molecule has 0 aliphatic rings. The summed E-state index contributed by atoms with van der Waals surface area (Å²) in [5, 5.41) is 5.78. The lowest BCUT2D eigenvalue weighted by Crippen LogP contribution is -2.24. The predicted molar refractivity (Wildman–Crippen MR) is 101 cm³/mol. The summed E-state index contributed by atoms with van der Waals surface area (Å²) in [6, 6.07) is 17.7. The van der Waals surface area contributed by atoms with E-state index in [1.807, 2.05) is 66.9 Å². The van der Waals surface area contributed by atoms with Crippen LogP contribution in [0, 0.1) is 0 Å². The Morgan fingerprint density at radius 3 is 2.60 bits per heavy atom. The SMILES string of the molecule is CCOc1ccc(-c2nc(CC(=O)NCc3ccccc3)cs2)cc1. The number of nitrogens with zero attached hydrogens (tertiary/aromatic N) is 1. The molecule has 3 aromatic rings. The number of rotatable bonds is 7. The molecule has 3 rings (SSSR count). The predicted octanol–water partition coefficient (Wildman–Crippen LogP) is 4.07. The molecule has 0 saturated carbocycles. The van der Waals surface area contributed by atoms with Crippen molar-refractivity contribution in [2.24, 2.45) is 0 Å². The van der Waals surface area contributed by atoms with E-state index in [9.17, 15) is 4.79 Å². The molecule has 0 fully saturated rings. The van der Waals surface area contributed by atoms with Crippen LogP contribution in [0.5, 0.6) is 5.75 Å². The zero-order chi connectivity index (χ0) is 17.5. The molecule has 1 heterocycles. The van der Waals surface area contributed by atoms with Crippen molar-refractivity contribution in [3.8, 4) is 16.3 Å². The molecule has 0 unspecified atom stereocenters. The minimum Gasteiger partial charge on any atom is -0.494 e. The first-order chi connectivity index (χ1) is 12.2. The first-order valence-corrected chi connectivity index (χ1v) is 9.11. The molecule has 0 aliphatic heterocycles. The number of hydrogen-bond donors (Lipinski definition) is 1. The van der Waals surface area contributed by atoms with Crippen LogP contribution in [0.4, 0.5) is 0 Å². The van der Waals surface area contributed by atoms with Gasteiger partial charge in [-0.2, -0.15) is 0 Å². The van der Waals surface area contributed by atoms with E-state index >= 15 is 0 Å². The molecule has 1 N–H and O–H groups in total. The van der Waals surface area contributed by atoms with Gasteiger partial charge in [0.15, 0.2) is 0 Å². The van der Waals surface area contributed by atoms with Crippen LogP contribution in [0.15, 0.2) is 60.0 Å². The van der Waals surface area contributed by atoms with Gasteiger partial charge in [0.25, 0.3) is 0 Å². The van der Waals surface area contributed by atoms with Gasteiger partial charge in [-0.25, -0.2) is 4.98 Å². The first kappa shape index (κ1) is 17.2. The van der Waals surface area contributed by atoms with Crippen LogP contribution in [0.25, 0.3) is 10.6 Å². The molecular weight excluding hydrogens is 332 g/mol. The molecule has 1 aromatic heterocycles. The molecule has 5 heteroatoms. The third-order valence-corrected chi connectivity index (χ3v) is 4.58. The average molecular weight is 352 g/mol. The molecule has 4 nitrogen and oxygen atoms in total. The maximum Gasteiger partial charge on any atom is 0.226 e. The minimum atomic E-state index is -0.0209. The van der Waals surface area contributed by atoms with Crippen molar-refractivity contribution in [2.45, 2.75) is 19.9 Å². The second-order valence-corrected chi connectivity index (χ2v) is 6.40. The Morgan fingerprint density at radius 1 is 1.12 bits per heavy atom. The summed E-state index contributed by atoms with van der Waals surface area (Å²) in [5.41, 5.74) is 2.91. The normalized spacial score (nSPS) is 10.4. The van der Waals surface area contributed by atoms with E-state index in [4.69, 9.17) is 4.74 Å². The summed E-state index contributed by atoms with van der Waals surface area (Å²) in [6.45, 7) is 3.15. The Morgan fingerprint density at radius 2 is 1.88 bits per heavy atom. The van der Waals surface area contributed by atoms with Gasteiger partial charge in [0.05, 0.1) is 18.7 Å². The van der Waals surface area contributed by atoms with E-state index in [-0.39, 0.29) is 5.91 Å². The fourth-order valence-electron chi connectivity index (χ4n) is 2.40. The van der Waals surface area contributed by atoms with Gasteiger partial charge >= 0.3 is 0 Å². The largest absolute Gasteiger partial charge is 0.494 e. The van der Waals surface area contributed by atoms with Crippen molar-refractivity contribution in [2.75, 3.05) is 6.61 Å². The lowest BCUT2D eigenvalue weighted by Gasteiger charge is -2.04. The molecule has 0 atom stereocenters. The fourth-order valence-corrected chi connectivity index (χ4v) is 3.23. The topological polar surface area (TPSA) is 51.2 Å². The number of aromatic nitrogens is 1. The smallest absolute Gasteiger partial charge is 0.226 e. The lowest BCUT2D eigenvalue weighted by atomic mass is 10.2. The zero-order valence-corrected chi connectivity index (χ0v) is 14.9. The highest BCUT2D eigenvalue weighted by molar-refractivity contribution is 7.13. The molecular formula is C20H20N2O2S. The number of benzene rings is 2. The average Bonchev–Trinajstić information content (AvgIpc) is 3.10. The van der Waals surface area contributed by atoms with E-state index in [0.717, 1.165) is 27.6 Å². The number of nitrogens with one attached hydrogen (secondary N) is 1. The number of carbonyl (C=O) groups is 1. The third kappa shape index (κ3) is 4.90. The van der Waals surface area contributed by atoms with E-state index in [0.29, 0.717) is 19.6 Å². The van der Waals surface area contributed by atoms with Gasteiger partial charge in [-0.05, 0) is 36.8 Å². The molecule has 0 bridgehead atoms. The summed E-state index contributed by atoms with van der Waals surface area (Å²) in [6.07, 6.45) is 0.292. The highest BCUT2D eigenvalue weighted by Gasteiger charge is 2.09. The van der Waals surface area contributed by atoms with E-state index < -0.39 is 0 Å². The van der Waals surface area contributed by atoms with Crippen molar-refractivity contribution in [1.29, 1.82) is 0 Å². The van der Waals surface area contributed by atoms with E-state index in [1.54, 1.807) is 11.3 Å². The number of hydrogen-bond acceptors (Lipinski definition) is 4. The third-order valence-electron chi connectivity index (χ3n) is 3.64. The number of ether oxygens (including phenoxy) is 1. The second kappa shape index (κ2) is 8.44. The Bertz CT molecular complexity index is 813. The Hall–Kier alpha value is -2.66. The van der Waals surface area contributed by atoms with E-state index in [2.05, 4.69) is 10.3 Å². The molecule has 1 amide bonds. The van der Waals surface area contributed by atoms with Crippen LogP contribution in [0.2, 0.25) is 0 Å². The number of thiazole rings is 1. The molecule has 0 radical (unpaired) electrons. The van der Waals surface area contributed by atoms with Gasteiger partial charge in [-0.15, -0.1) is 11.3 Å². The van der Waals surface area contributed by atoms with Crippen molar-refractivity contribution < 1.29 is 9.53 Å². The zero-order valence-electron chi connectivity index (χ0n) is 14.1. The molecule has 128 valence electrons. The standard InChI is InChI=1S/C20H20N2O2S/c1-2-24-18-10-8-16(9-11-18)20-22-17(14-25-20)12-19(23)21-13-15-6-4-3-5-7-15/h3-11,14H,2,12-13H2,1H3,(H,21,23). The lowest BCUT2D eigenvalue weighted by molar-refractivity contribution is -0.120. The summed E-state index contributed by atoms with van der Waals surface area (Å²) in [7, 11) is 0. The van der Waals surface area contributed by atoms with Crippen LogP contribution < -0.4 is 10.1 Å². The van der Waals surface area contributed by atoms with Crippen molar-refractivity contribution in [3.63, 3.8) is 0 Å². The fraction of sp³-hybridized carbons (Fsp3) is 0.200. The second-order valence-electron chi connectivity index (χ2n) is 5.54.